The molecule has 0 saturated carbocycles. The molecule has 0 aliphatic carbocycles. The van der Waals surface area contributed by atoms with Gasteiger partial charge in [0.1, 0.15) is 11.3 Å². The van der Waals surface area contributed by atoms with Crippen molar-refractivity contribution in [2.75, 3.05) is 4.90 Å². The van der Waals surface area contributed by atoms with E-state index in [4.69, 9.17) is 4.42 Å². The molecule has 0 atom stereocenters. The average molecular weight is 740 g/mol. The van der Waals surface area contributed by atoms with Gasteiger partial charge in [0, 0.05) is 33.6 Å². The fraction of sp³-hybridized carbons (Fsp3) is 0. The quantitative estimate of drug-likeness (QED) is 0.151. The standard InChI is InChI=1S/C56H37NO/c1-2-13-42(14-3-1)55-53-19-8-9-20-54(53)58-56(55)47-16-10-17-50(37-47)57(48-30-25-39(26-31-48)44-23-21-38-11-4-5-15-43(38)35-44)49-32-27-40(28-33-49)45-29-34-52-46(36-45)24-22-41-12-6-7-18-51(41)52/h1-37H. The second kappa shape index (κ2) is 14.1. The Kier molecular flexibility index (Phi) is 8.19. The van der Waals surface area contributed by atoms with E-state index in [1.807, 2.05) is 6.07 Å². The monoisotopic (exact) mass is 739 g/mol. The maximum absolute atomic E-state index is 6.68. The fourth-order valence-electron chi connectivity index (χ4n) is 8.54. The Hall–Kier alpha value is -7.68. The zero-order valence-electron chi connectivity index (χ0n) is 31.7. The van der Waals surface area contributed by atoms with E-state index in [2.05, 4.69) is 223 Å². The first-order valence-electron chi connectivity index (χ1n) is 19.8. The summed E-state index contributed by atoms with van der Waals surface area (Å²) in [5.41, 5.74) is 12.1. The summed E-state index contributed by atoms with van der Waals surface area (Å²) < 4.78 is 6.68. The van der Waals surface area contributed by atoms with Gasteiger partial charge in [-0.15, -0.1) is 0 Å². The Morgan fingerprint density at radius 2 is 0.810 bits per heavy atom. The van der Waals surface area contributed by atoms with E-state index < -0.39 is 0 Å². The molecule has 0 spiro atoms. The lowest BCUT2D eigenvalue weighted by Crippen LogP contribution is -2.10. The van der Waals surface area contributed by atoms with Crippen molar-refractivity contribution in [3.8, 4) is 44.7 Å². The SMILES string of the molecule is c1ccc(-c2c(-c3cccc(N(c4ccc(-c5ccc6ccccc6c5)cc4)c4ccc(-c5ccc6c(ccc7ccccc76)c5)cc4)c3)oc3ccccc23)cc1. The molecule has 2 nitrogen and oxygen atoms in total. The number of hydrogen-bond donors (Lipinski definition) is 0. The number of rotatable bonds is 7. The van der Waals surface area contributed by atoms with E-state index in [0.29, 0.717) is 0 Å². The van der Waals surface area contributed by atoms with E-state index in [1.54, 1.807) is 0 Å². The lowest BCUT2D eigenvalue weighted by molar-refractivity contribution is 0.632. The number of anilines is 3. The molecule has 0 aliphatic heterocycles. The molecule has 1 aromatic heterocycles. The highest BCUT2D eigenvalue weighted by Gasteiger charge is 2.20. The minimum Gasteiger partial charge on any atom is -0.455 e. The van der Waals surface area contributed by atoms with Crippen LogP contribution in [0.3, 0.4) is 0 Å². The smallest absolute Gasteiger partial charge is 0.143 e. The lowest BCUT2D eigenvalue weighted by Gasteiger charge is -2.26. The van der Waals surface area contributed by atoms with Gasteiger partial charge in [-0.3, -0.25) is 0 Å². The van der Waals surface area contributed by atoms with Crippen molar-refractivity contribution >= 4 is 60.3 Å². The predicted octanol–water partition coefficient (Wildman–Crippen LogP) is 16.0. The molecule has 0 amide bonds. The van der Waals surface area contributed by atoms with Crippen LogP contribution < -0.4 is 4.90 Å². The Morgan fingerprint density at radius 3 is 1.57 bits per heavy atom. The molecule has 58 heavy (non-hydrogen) atoms. The van der Waals surface area contributed by atoms with Gasteiger partial charge in [-0.25, -0.2) is 0 Å². The molecule has 11 rings (SSSR count). The molecule has 2 heteroatoms. The predicted molar refractivity (Wildman–Crippen MR) is 245 cm³/mol. The Morgan fingerprint density at radius 1 is 0.276 bits per heavy atom. The molecule has 11 aromatic rings. The summed E-state index contributed by atoms with van der Waals surface area (Å²) >= 11 is 0. The van der Waals surface area contributed by atoms with Crippen LogP contribution in [0.15, 0.2) is 229 Å². The van der Waals surface area contributed by atoms with E-state index in [9.17, 15) is 0 Å². The summed E-state index contributed by atoms with van der Waals surface area (Å²) in [5.74, 6) is 0.861. The van der Waals surface area contributed by atoms with Gasteiger partial charge >= 0.3 is 0 Å². The van der Waals surface area contributed by atoms with E-state index in [0.717, 1.165) is 50.5 Å². The fourth-order valence-corrected chi connectivity index (χ4v) is 8.54. The van der Waals surface area contributed by atoms with Crippen molar-refractivity contribution < 1.29 is 4.42 Å². The normalized spacial score (nSPS) is 11.4. The van der Waals surface area contributed by atoms with Crippen LogP contribution in [0.25, 0.3) is 88.0 Å². The lowest BCUT2D eigenvalue weighted by atomic mass is 9.97. The highest BCUT2D eigenvalue weighted by molar-refractivity contribution is 6.08. The largest absolute Gasteiger partial charge is 0.455 e. The third-order valence-corrected chi connectivity index (χ3v) is 11.4. The van der Waals surface area contributed by atoms with Crippen LogP contribution in [-0.4, -0.2) is 0 Å². The Bertz CT molecular complexity index is 3270. The number of hydrogen-bond acceptors (Lipinski definition) is 2. The third kappa shape index (κ3) is 6.00. The van der Waals surface area contributed by atoms with Gasteiger partial charge in [0.05, 0.1) is 0 Å². The number of para-hydroxylation sites is 1. The molecule has 0 aliphatic rings. The van der Waals surface area contributed by atoms with Crippen molar-refractivity contribution in [1.29, 1.82) is 0 Å². The van der Waals surface area contributed by atoms with E-state index >= 15 is 0 Å². The summed E-state index contributed by atoms with van der Waals surface area (Å²) in [6.07, 6.45) is 0. The van der Waals surface area contributed by atoms with Gasteiger partial charge < -0.3 is 9.32 Å². The Balaban J connectivity index is 1.01. The Labute approximate surface area is 337 Å². The van der Waals surface area contributed by atoms with Crippen molar-refractivity contribution in [2.24, 2.45) is 0 Å². The summed E-state index contributed by atoms with van der Waals surface area (Å²) in [4.78, 5) is 2.34. The summed E-state index contributed by atoms with van der Waals surface area (Å²) in [5, 5.41) is 8.65. The number of furan rings is 1. The van der Waals surface area contributed by atoms with Gasteiger partial charge in [-0.05, 0) is 115 Å². The second-order valence-corrected chi connectivity index (χ2v) is 14.9. The molecule has 0 N–H and O–H groups in total. The van der Waals surface area contributed by atoms with Crippen molar-refractivity contribution in [3.63, 3.8) is 0 Å². The number of nitrogens with zero attached hydrogens (tertiary/aromatic N) is 1. The molecule has 0 saturated heterocycles. The molecule has 0 bridgehead atoms. The third-order valence-electron chi connectivity index (χ3n) is 11.4. The van der Waals surface area contributed by atoms with Crippen LogP contribution in [0, 0.1) is 0 Å². The molecule has 0 fully saturated rings. The minimum atomic E-state index is 0.861. The molecule has 272 valence electrons. The highest BCUT2D eigenvalue weighted by Crippen LogP contribution is 2.44. The van der Waals surface area contributed by atoms with Crippen LogP contribution in [0.5, 0.6) is 0 Å². The molecule has 1 heterocycles. The van der Waals surface area contributed by atoms with Gasteiger partial charge in [-0.1, -0.05) is 170 Å². The molecular weight excluding hydrogens is 703 g/mol. The van der Waals surface area contributed by atoms with Crippen molar-refractivity contribution in [2.45, 2.75) is 0 Å². The van der Waals surface area contributed by atoms with Crippen LogP contribution in [0.4, 0.5) is 17.1 Å². The number of fused-ring (bicyclic) bond motifs is 5. The van der Waals surface area contributed by atoms with Gasteiger partial charge in [0.2, 0.25) is 0 Å². The van der Waals surface area contributed by atoms with Crippen molar-refractivity contribution in [3.05, 3.63) is 224 Å². The summed E-state index contributed by atoms with van der Waals surface area (Å²) in [6.45, 7) is 0. The molecule has 0 radical (unpaired) electrons. The van der Waals surface area contributed by atoms with Crippen LogP contribution in [0.1, 0.15) is 0 Å². The topological polar surface area (TPSA) is 16.4 Å². The zero-order chi connectivity index (χ0) is 38.4. The second-order valence-electron chi connectivity index (χ2n) is 14.9. The van der Waals surface area contributed by atoms with Crippen LogP contribution >= 0.6 is 0 Å². The first-order chi connectivity index (χ1) is 28.7. The summed E-state index contributed by atoms with van der Waals surface area (Å²) in [6, 6.07) is 80.6. The summed E-state index contributed by atoms with van der Waals surface area (Å²) in [7, 11) is 0. The van der Waals surface area contributed by atoms with Gasteiger partial charge in [0.25, 0.3) is 0 Å². The van der Waals surface area contributed by atoms with E-state index in [-0.39, 0.29) is 0 Å². The van der Waals surface area contributed by atoms with E-state index in [1.165, 1.54) is 54.6 Å². The van der Waals surface area contributed by atoms with Gasteiger partial charge in [0.15, 0.2) is 0 Å². The first kappa shape index (κ1) is 33.6. The van der Waals surface area contributed by atoms with Crippen LogP contribution in [-0.2, 0) is 0 Å². The van der Waals surface area contributed by atoms with Gasteiger partial charge in [-0.2, -0.15) is 0 Å². The average Bonchev–Trinajstić information content (AvgIpc) is 3.69. The van der Waals surface area contributed by atoms with Crippen molar-refractivity contribution in [1.82, 2.24) is 0 Å². The number of benzene rings is 10. The molecule has 0 unspecified atom stereocenters. The molecular formula is C56H37NO. The maximum Gasteiger partial charge on any atom is 0.143 e. The molecule has 10 aromatic carbocycles. The van der Waals surface area contributed by atoms with Crippen LogP contribution in [0.2, 0.25) is 0 Å². The minimum absolute atomic E-state index is 0.861. The zero-order valence-corrected chi connectivity index (χ0v) is 31.7. The first-order valence-corrected chi connectivity index (χ1v) is 19.8. The maximum atomic E-state index is 6.68. The highest BCUT2D eigenvalue weighted by atomic mass is 16.3.